The summed E-state index contributed by atoms with van der Waals surface area (Å²) in [5.41, 5.74) is 6.99. The van der Waals surface area contributed by atoms with Crippen molar-refractivity contribution in [3.63, 3.8) is 0 Å². The highest BCUT2D eigenvalue weighted by molar-refractivity contribution is 7.15. The van der Waals surface area contributed by atoms with E-state index in [4.69, 9.17) is 26.5 Å². The minimum absolute atomic E-state index is 0.0258. The zero-order valence-corrected chi connectivity index (χ0v) is 47.0. The largest absolute Gasteiger partial charge is 0.508 e. The van der Waals surface area contributed by atoms with Gasteiger partial charge >= 0.3 is 12.1 Å². The summed E-state index contributed by atoms with van der Waals surface area (Å²) in [4.78, 5) is 52.8. The van der Waals surface area contributed by atoms with E-state index in [1.54, 1.807) is 22.0 Å². The van der Waals surface area contributed by atoms with E-state index < -0.39 is 18.2 Å². The van der Waals surface area contributed by atoms with Crippen molar-refractivity contribution in [2.75, 3.05) is 72.0 Å². The number of nitrogens with zero attached hydrogens (tertiary/aromatic N) is 11. The van der Waals surface area contributed by atoms with Gasteiger partial charge in [0.1, 0.15) is 28.4 Å². The van der Waals surface area contributed by atoms with Gasteiger partial charge < -0.3 is 35.3 Å². The number of hydrogen-bond acceptors (Lipinski definition) is 14. The van der Waals surface area contributed by atoms with E-state index >= 15 is 0 Å². The number of hydrogen-bond donors (Lipinski definition) is 4. The molecule has 4 N–H and O–H groups in total. The molecule has 0 saturated carbocycles. The lowest BCUT2D eigenvalue weighted by Gasteiger charge is -2.39. The summed E-state index contributed by atoms with van der Waals surface area (Å²) >= 11 is 8.03. The number of likely N-dealkylation sites (tertiary alicyclic amines) is 2. The molecule has 0 bridgehead atoms. The Hall–Kier alpha value is -6.72. The maximum Gasteiger partial charge on any atom is 0.490 e. The molecule has 4 aliphatic heterocycles. The minimum atomic E-state index is -5.08. The van der Waals surface area contributed by atoms with E-state index in [0.29, 0.717) is 52.4 Å². The first-order valence-corrected chi connectivity index (χ1v) is 28.6. The number of aliphatic imine (C=N–C) groups is 1. The smallest absolute Gasteiger partial charge is 0.490 e. The van der Waals surface area contributed by atoms with E-state index in [9.17, 15) is 33.0 Å². The molecule has 18 nitrogen and oxygen atoms in total. The van der Waals surface area contributed by atoms with Gasteiger partial charge in [-0.15, -0.1) is 31.7 Å². The summed E-state index contributed by atoms with van der Waals surface area (Å²) in [5, 5.41) is 51.5. The van der Waals surface area contributed by atoms with Crippen molar-refractivity contribution in [1.29, 1.82) is 0 Å². The number of aliphatic carboxylic acids is 1. The van der Waals surface area contributed by atoms with Crippen LogP contribution >= 0.6 is 22.9 Å². The SMILES string of the molecule is CCCc1cc(-c2nnc(C(=O)NCCN3CCCCC3)n2-c2ccc(CN3CCN(CC4CCN(C(=O)C[C@@H]5N=C(c6ccc(Cl)cc6)c6c(sc(C)c6C)-n6c(C)nnc65)CC4)CC3)cc2)c(O)cc1O.O=C(O)C(F)(F)F. The standard InChI is InChI=1S/C55H67ClN12O4S.C2HF3O2/c1-5-9-41-30-44(47(70)32-46(41)69)51-60-62-53(54(72)57-20-25-63-21-7-6-8-22-63)68(51)43-16-10-38(11-17-43)33-64-26-28-65(29-27-64)34-39-18-23-66(24-19-39)48(71)31-45-52-61-59-37(4)67(52)55-49(35(2)36(3)73-55)50(58-45)40-12-14-42(56)15-13-40;3-2(4,5)1(6)7/h10-17,30,32,39,45,69-70H,5-9,18-29,31,33-34H2,1-4H3,(H,57,72);(H,6,7)/t45-;/m0./s1. The molecule has 3 aromatic heterocycles. The number of thiophene rings is 1. The third-order valence-corrected chi connectivity index (χ3v) is 16.9. The number of rotatable bonds is 15. The fourth-order valence-electron chi connectivity index (χ4n) is 11.0. The number of nitrogens with one attached hydrogen (secondary N) is 1. The summed E-state index contributed by atoms with van der Waals surface area (Å²) in [6, 6.07) is 18.5. The second-order valence-electron chi connectivity index (χ2n) is 21.1. The van der Waals surface area contributed by atoms with Gasteiger partial charge in [0, 0.05) is 98.2 Å². The molecule has 3 saturated heterocycles. The first-order valence-electron chi connectivity index (χ1n) is 27.4. The van der Waals surface area contributed by atoms with Crippen LogP contribution in [0.4, 0.5) is 13.2 Å². The monoisotopic (exact) mass is 1140 g/mol. The Morgan fingerprint density at radius 1 is 0.800 bits per heavy atom. The number of aromatic hydroxyl groups is 2. The van der Waals surface area contributed by atoms with E-state index in [1.165, 1.54) is 35.8 Å². The zero-order valence-electron chi connectivity index (χ0n) is 45.5. The normalized spacial score (nSPS) is 17.5. The van der Waals surface area contributed by atoms with Crippen LogP contribution < -0.4 is 5.32 Å². The number of benzene rings is 3. The summed E-state index contributed by atoms with van der Waals surface area (Å²) in [6.07, 6.45) is 2.12. The average Bonchev–Trinajstić information content (AvgIpc) is 4.12. The first kappa shape index (κ1) is 58.0. The van der Waals surface area contributed by atoms with Gasteiger partial charge in [0.05, 0.1) is 17.7 Å². The lowest BCUT2D eigenvalue weighted by atomic mass is 9.95. The number of piperazine rings is 1. The Labute approximate surface area is 471 Å². The van der Waals surface area contributed by atoms with Gasteiger partial charge in [0.25, 0.3) is 5.91 Å². The van der Waals surface area contributed by atoms with E-state index in [2.05, 4.69) is 71.0 Å². The van der Waals surface area contributed by atoms with Crippen molar-refractivity contribution >= 4 is 46.4 Å². The van der Waals surface area contributed by atoms with Gasteiger partial charge in [-0.05, 0) is 119 Å². The van der Waals surface area contributed by atoms with Crippen molar-refractivity contribution in [2.24, 2.45) is 10.9 Å². The highest BCUT2D eigenvalue weighted by atomic mass is 35.5. The van der Waals surface area contributed by atoms with Crippen LogP contribution in [0.1, 0.15) is 113 Å². The number of aromatic nitrogens is 6. The lowest BCUT2D eigenvalue weighted by Crippen LogP contribution is -2.48. The Kier molecular flexibility index (Phi) is 18.4. The molecule has 426 valence electrons. The maximum absolute atomic E-state index is 14.2. The quantitative estimate of drug-likeness (QED) is 0.0759. The van der Waals surface area contributed by atoms with Crippen molar-refractivity contribution in [2.45, 2.75) is 97.8 Å². The number of piperidine rings is 2. The number of carbonyl (C=O) groups excluding carboxylic acids is 2. The molecule has 0 spiro atoms. The molecular weight excluding hydrogens is 1070 g/mol. The summed E-state index contributed by atoms with van der Waals surface area (Å²) < 4.78 is 35.6. The highest BCUT2D eigenvalue weighted by Crippen LogP contribution is 2.41. The topological polar surface area (TPSA) is 211 Å². The molecule has 7 heterocycles. The number of carboxylic acid groups (broad SMARTS) is 1. The lowest BCUT2D eigenvalue weighted by molar-refractivity contribution is -0.192. The number of carbonyl (C=O) groups is 3. The van der Waals surface area contributed by atoms with Crippen molar-refractivity contribution in [1.82, 2.24) is 54.4 Å². The summed E-state index contributed by atoms with van der Waals surface area (Å²) in [7, 11) is 0. The van der Waals surface area contributed by atoms with Gasteiger partial charge in [-0.2, -0.15) is 13.2 Å². The van der Waals surface area contributed by atoms with Crippen LogP contribution in [0.25, 0.3) is 22.1 Å². The van der Waals surface area contributed by atoms with Gasteiger partial charge in [0.15, 0.2) is 11.6 Å². The number of amides is 2. The second kappa shape index (κ2) is 25.4. The molecule has 0 aliphatic carbocycles. The molecule has 0 radical (unpaired) electrons. The van der Waals surface area contributed by atoms with Gasteiger partial charge in [-0.1, -0.05) is 55.6 Å². The van der Waals surface area contributed by atoms with Crippen LogP contribution in [0.5, 0.6) is 11.5 Å². The number of halogens is 4. The predicted molar refractivity (Wildman–Crippen MR) is 299 cm³/mol. The minimum Gasteiger partial charge on any atom is -0.508 e. The van der Waals surface area contributed by atoms with E-state index in [0.717, 1.165) is 124 Å². The van der Waals surface area contributed by atoms with Crippen LogP contribution in [0, 0.1) is 26.7 Å². The molecule has 80 heavy (non-hydrogen) atoms. The zero-order chi connectivity index (χ0) is 56.8. The average molecular weight is 1140 g/mol. The molecule has 1 atom stereocenters. The van der Waals surface area contributed by atoms with Crippen LogP contribution in [0.3, 0.4) is 0 Å². The molecule has 2 amide bonds. The number of fused-ring (bicyclic) bond motifs is 3. The molecular formula is C57H68ClF3N12O6S. The Bertz CT molecular complexity index is 3190. The highest BCUT2D eigenvalue weighted by Gasteiger charge is 2.38. The molecule has 23 heteroatoms. The Balaban J connectivity index is 0.00000104. The van der Waals surface area contributed by atoms with Gasteiger partial charge in [0.2, 0.25) is 11.7 Å². The fourth-order valence-corrected chi connectivity index (χ4v) is 12.3. The number of aryl methyl sites for hydroxylation is 3. The number of carboxylic acids is 1. The molecule has 4 aliphatic rings. The number of phenolic OH excluding ortho intramolecular Hbond substituents is 2. The van der Waals surface area contributed by atoms with E-state index in [1.807, 2.05) is 55.1 Å². The predicted octanol–water partition coefficient (Wildman–Crippen LogP) is 8.71. The van der Waals surface area contributed by atoms with Crippen molar-refractivity contribution in [3.8, 4) is 33.6 Å². The van der Waals surface area contributed by atoms with Crippen molar-refractivity contribution in [3.05, 3.63) is 116 Å². The molecule has 10 rings (SSSR count). The molecule has 0 unspecified atom stereocenters. The Morgan fingerprint density at radius 2 is 1.48 bits per heavy atom. The van der Waals surface area contributed by atoms with Crippen LogP contribution in [-0.4, -0.2) is 166 Å². The fraction of sp³-hybridized carbons (Fsp3) is 0.474. The third kappa shape index (κ3) is 13.4. The summed E-state index contributed by atoms with van der Waals surface area (Å²) in [5.74, 6) is -0.633. The van der Waals surface area contributed by atoms with Crippen LogP contribution in [0.15, 0.2) is 65.7 Å². The van der Waals surface area contributed by atoms with Gasteiger partial charge in [-0.3, -0.25) is 28.6 Å². The maximum atomic E-state index is 14.2. The summed E-state index contributed by atoms with van der Waals surface area (Å²) in [6.45, 7) is 18.8. The number of phenols is 2. The molecule has 6 aromatic rings. The second-order valence-corrected chi connectivity index (χ2v) is 22.7. The first-order chi connectivity index (χ1) is 38.4. The van der Waals surface area contributed by atoms with Gasteiger partial charge in [-0.25, -0.2) is 4.79 Å². The van der Waals surface area contributed by atoms with E-state index in [-0.39, 0.29) is 35.6 Å². The van der Waals surface area contributed by atoms with Crippen molar-refractivity contribution < 1.29 is 42.9 Å². The molecule has 3 aromatic carbocycles. The number of alkyl halides is 3. The van der Waals surface area contributed by atoms with Crippen LogP contribution in [-0.2, 0) is 22.6 Å². The third-order valence-electron chi connectivity index (χ3n) is 15.5. The van der Waals surface area contributed by atoms with Crippen LogP contribution in [0.2, 0.25) is 5.02 Å². The molecule has 3 fully saturated rings. The Morgan fingerprint density at radius 3 is 2.14 bits per heavy atom.